The van der Waals surface area contributed by atoms with Gasteiger partial charge in [-0.25, -0.2) is 4.79 Å². The van der Waals surface area contributed by atoms with Crippen LogP contribution >= 0.6 is 34.8 Å². The molecule has 1 aromatic carbocycles. The number of hydrogen-bond acceptors (Lipinski definition) is 5. The molecule has 1 aliphatic heterocycles. The van der Waals surface area contributed by atoms with Gasteiger partial charge in [0, 0.05) is 13.1 Å². The summed E-state index contributed by atoms with van der Waals surface area (Å²) in [6, 6.07) is 4.87. The Kier molecular flexibility index (Phi) is 6.57. The maximum atomic E-state index is 12.0. The van der Waals surface area contributed by atoms with Gasteiger partial charge in [0.15, 0.2) is 0 Å². The van der Waals surface area contributed by atoms with E-state index >= 15 is 0 Å². The van der Waals surface area contributed by atoms with Crippen LogP contribution < -0.4 is 10.2 Å². The minimum atomic E-state index is -2.11. The highest BCUT2D eigenvalue weighted by atomic mass is 35.6. The van der Waals surface area contributed by atoms with Gasteiger partial charge in [0.05, 0.1) is 36.8 Å². The number of anilines is 2. The molecule has 0 unspecified atom stereocenters. The van der Waals surface area contributed by atoms with E-state index in [0.29, 0.717) is 43.2 Å². The molecule has 1 amide bonds. The van der Waals surface area contributed by atoms with Crippen molar-refractivity contribution in [1.29, 1.82) is 0 Å². The van der Waals surface area contributed by atoms with Crippen molar-refractivity contribution in [3.8, 4) is 0 Å². The van der Waals surface area contributed by atoms with E-state index in [1.54, 1.807) is 19.1 Å². The van der Waals surface area contributed by atoms with E-state index in [1.807, 2.05) is 4.90 Å². The van der Waals surface area contributed by atoms with Crippen molar-refractivity contribution in [1.82, 2.24) is 0 Å². The van der Waals surface area contributed by atoms with E-state index in [2.05, 4.69) is 5.32 Å². The summed E-state index contributed by atoms with van der Waals surface area (Å²) in [5.74, 6) is -1.29. The third-order valence-corrected chi connectivity index (χ3v) is 3.88. The quantitative estimate of drug-likeness (QED) is 0.627. The number of alkyl halides is 3. The maximum Gasteiger partial charge on any atom is 0.338 e. The lowest BCUT2D eigenvalue weighted by Gasteiger charge is -2.31. The molecule has 1 aliphatic rings. The van der Waals surface area contributed by atoms with Crippen molar-refractivity contribution in [2.45, 2.75) is 10.7 Å². The zero-order valence-electron chi connectivity index (χ0n) is 13.0. The molecule has 0 saturated carbocycles. The maximum absolute atomic E-state index is 12.0. The molecule has 2 rings (SSSR count). The number of nitrogens with one attached hydrogen (secondary N) is 1. The number of ether oxygens (including phenoxy) is 2. The number of esters is 1. The fraction of sp³-hybridized carbons (Fsp3) is 0.467. The summed E-state index contributed by atoms with van der Waals surface area (Å²) in [5.41, 5.74) is 1.39. The molecule has 1 N–H and O–H groups in total. The van der Waals surface area contributed by atoms with Gasteiger partial charge in [0.25, 0.3) is 9.70 Å². The second-order valence-electron chi connectivity index (χ2n) is 5.00. The van der Waals surface area contributed by atoms with Gasteiger partial charge >= 0.3 is 5.97 Å². The first-order valence-corrected chi connectivity index (χ1v) is 8.48. The Morgan fingerprint density at radius 3 is 2.54 bits per heavy atom. The van der Waals surface area contributed by atoms with Crippen LogP contribution in [0, 0.1) is 0 Å². The molecule has 132 valence electrons. The van der Waals surface area contributed by atoms with Crippen LogP contribution in [0.2, 0.25) is 0 Å². The lowest BCUT2D eigenvalue weighted by Crippen LogP contribution is -2.37. The first-order valence-electron chi connectivity index (χ1n) is 7.35. The number of halogens is 3. The predicted octanol–water partition coefficient (Wildman–Crippen LogP) is 3.01. The number of benzene rings is 1. The average Bonchev–Trinajstić information content (AvgIpc) is 2.55. The van der Waals surface area contributed by atoms with Crippen LogP contribution in [0.15, 0.2) is 18.2 Å². The highest BCUT2D eigenvalue weighted by molar-refractivity contribution is 6.76. The number of hydrogen-bond donors (Lipinski definition) is 1. The third-order valence-electron chi connectivity index (χ3n) is 3.37. The number of morpholine rings is 1. The Labute approximate surface area is 154 Å². The number of carbonyl (C=O) groups excluding carboxylic acids is 2. The van der Waals surface area contributed by atoms with Gasteiger partial charge in [-0.1, -0.05) is 34.8 Å². The Morgan fingerprint density at radius 2 is 1.96 bits per heavy atom. The molecule has 0 aromatic heterocycles. The summed E-state index contributed by atoms with van der Waals surface area (Å²) in [6.45, 7) is 4.39. The molecule has 0 bridgehead atoms. The fourth-order valence-electron chi connectivity index (χ4n) is 2.25. The Morgan fingerprint density at radius 1 is 1.29 bits per heavy atom. The molecule has 24 heavy (non-hydrogen) atoms. The molecule has 0 aliphatic carbocycles. The second-order valence-corrected chi connectivity index (χ2v) is 7.28. The summed E-state index contributed by atoms with van der Waals surface area (Å²) in [4.78, 5) is 26.0. The van der Waals surface area contributed by atoms with Gasteiger partial charge in [-0.2, -0.15) is 0 Å². The summed E-state index contributed by atoms with van der Waals surface area (Å²) in [6.07, 6.45) is 0. The van der Waals surface area contributed by atoms with Crippen molar-refractivity contribution in [3.63, 3.8) is 0 Å². The molecule has 0 atom stereocenters. The highest BCUT2D eigenvalue weighted by Crippen LogP contribution is 2.32. The minimum Gasteiger partial charge on any atom is -0.462 e. The van der Waals surface area contributed by atoms with Crippen molar-refractivity contribution in [3.05, 3.63) is 23.8 Å². The molecule has 1 aromatic rings. The van der Waals surface area contributed by atoms with Gasteiger partial charge in [-0.15, -0.1) is 0 Å². The van der Waals surface area contributed by atoms with Crippen LogP contribution in [0.5, 0.6) is 0 Å². The van der Waals surface area contributed by atoms with Crippen LogP contribution in [-0.2, 0) is 14.3 Å². The largest absolute Gasteiger partial charge is 0.462 e. The first kappa shape index (κ1) is 19.1. The van der Waals surface area contributed by atoms with Gasteiger partial charge in [0.1, 0.15) is 0 Å². The van der Waals surface area contributed by atoms with Gasteiger partial charge in [0.2, 0.25) is 0 Å². The van der Waals surface area contributed by atoms with E-state index in [4.69, 9.17) is 44.3 Å². The highest BCUT2D eigenvalue weighted by Gasteiger charge is 2.31. The Balaban J connectivity index is 2.34. The van der Waals surface area contributed by atoms with Gasteiger partial charge < -0.3 is 19.7 Å². The average molecular weight is 396 g/mol. The zero-order chi connectivity index (χ0) is 17.7. The second kappa shape index (κ2) is 8.25. The lowest BCUT2D eigenvalue weighted by atomic mass is 10.1. The van der Waals surface area contributed by atoms with Crippen LogP contribution in [0.3, 0.4) is 0 Å². The topological polar surface area (TPSA) is 67.9 Å². The molecular weight excluding hydrogens is 379 g/mol. The summed E-state index contributed by atoms with van der Waals surface area (Å²) in [5, 5.41) is 2.56. The zero-order valence-corrected chi connectivity index (χ0v) is 15.2. The summed E-state index contributed by atoms with van der Waals surface area (Å²) >= 11 is 16.9. The van der Waals surface area contributed by atoms with Crippen molar-refractivity contribution >= 4 is 58.1 Å². The van der Waals surface area contributed by atoms with Crippen LogP contribution in [0.25, 0.3) is 0 Å². The lowest BCUT2D eigenvalue weighted by molar-refractivity contribution is -0.115. The molecular formula is C15H17Cl3N2O4. The van der Waals surface area contributed by atoms with Crippen LogP contribution in [-0.4, -0.2) is 48.6 Å². The first-order chi connectivity index (χ1) is 11.3. The molecule has 9 heteroatoms. The van der Waals surface area contributed by atoms with E-state index in [9.17, 15) is 9.59 Å². The third kappa shape index (κ3) is 4.89. The SMILES string of the molecule is CCOC(=O)c1ccc(N2CCOCC2)c(NC(=O)C(Cl)(Cl)Cl)c1. The van der Waals surface area contributed by atoms with Crippen molar-refractivity contribution in [2.24, 2.45) is 0 Å². The Bertz CT molecular complexity index is 613. The molecule has 0 radical (unpaired) electrons. The summed E-state index contributed by atoms with van der Waals surface area (Å²) < 4.78 is 8.19. The molecule has 6 nitrogen and oxygen atoms in total. The van der Waals surface area contributed by atoms with Crippen LogP contribution in [0.4, 0.5) is 11.4 Å². The van der Waals surface area contributed by atoms with Gasteiger partial charge in [-0.05, 0) is 25.1 Å². The molecule has 1 heterocycles. The monoisotopic (exact) mass is 394 g/mol. The van der Waals surface area contributed by atoms with E-state index < -0.39 is 15.7 Å². The number of rotatable bonds is 4. The number of nitrogens with zero attached hydrogens (tertiary/aromatic N) is 1. The standard InChI is InChI=1S/C15H17Cl3N2O4/c1-2-24-13(21)10-3-4-12(20-5-7-23-8-6-20)11(9-10)19-14(22)15(16,17)18/h3-4,9H,2,5-8H2,1H3,(H,19,22). The number of amides is 1. The Hall–Kier alpha value is -1.21. The van der Waals surface area contributed by atoms with Crippen LogP contribution in [0.1, 0.15) is 17.3 Å². The smallest absolute Gasteiger partial charge is 0.338 e. The summed E-state index contributed by atoms with van der Waals surface area (Å²) in [7, 11) is 0. The molecule has 1 saturated heterocycles. The molecule has 0 spiro atoms. The fourth-order valence-corrected chi connectivity index (χ4v) is 2.39. The minimum absolute atomic E-state index is 0.250. The normalized spacial score (nSPS) is 15.1. The van der Waals surface area contributed by atoms with E-state index in [-0.39, 0.29) is 6.61 Å². The van der Waals surface area contributed by atoms with Crippen molar-refractivity contribution in [2.75, 3.05) is 43.1 Å². The molecule has 1 fully saturated rings. The van der Waals surface area contributed by atoms with Gasteiger partial charge in [-0.3, -0.25) is 4.79 Å². The van der Waals surface area contributed by atoms with E-state index in [0.717, 1.165) is 0 Å². The number of carbonyl (C=O) groups is 2. The van der Waals surface area contributed by atoms with Crippen molar-refractivity contribution < 1.29 is 19.1 Å². The van der Waals surface area contributed by atoms with E-state index in [1.165, 1.54) is 6.07 Å². The predicted molar refractivity (Wildman–Crippen MR) is 94.4 cm³/mol.